The zero-order valence-electron chi connectivity index (χ0n) is 13.9. The van der Waals surface area contributed by atoms with Crippen LogP contribution in [0.25, 0.3) is 0 Å². The Balaban J connectivity index is 2.28. The van der Waals surface area contributed by atoms with E-state index in [2.05, 4.69) is 43.3 Å². The van der Waals surface area contributed by atoms with E-state index in [1.54, 1.807) is 0 Å². The minimum atomic E-state index is -1.79. The minimum Gasteiger partial charge on any atom is -0.0843 e. The molecule has 0 aliphatic rings. The molecule has 0 spiro atoms. The molecule has 0 atom stereocenters. The Hall–Kier alpha value is -1.04. The van der Waals surface area contributed by atoms with Crippen molar-refractivity contribution in [1.29, 1.82) is 0 Å². The van der Waals surface area contributed by atoms with Crippen molar-refractivity contribution in [2.75, 3.05) is 6.16 Å². The van der Waals surface area contributed by atoms with Crippen LogP contribution >= 0.6 is 42.1 Å². The Morgan fingerprint density at radius 2 is 0.840 bits per heavy atom. The van der Waals surface area contributed by atoms with Gasteiger partial charge in [0, 0.05) is 15.1 Å². The molecule has 3 rings (SSSR count). The molecule has 0 fully saturated rings. The summed E-state index contributed by atoms with van der Waals surface area (Å²) < 4.78 is 0. The highest BCUT2D eigenvalue weighted by Crippen LogP contribution is 2.56. The summed E-state index contributed by atoms with van der Waals surface area (Å²) in [7, 11) is -1.79. The maximum absolute atomic E-state index is 6.15. The average Bonchev–Trinajstić information content (AvgIpc) is 2.62. The summed E-state index contributed by atoms with van der Waals surface area (Å²) in [6, 6.07) is 24.8. The fourth-order valence-electron chi connectivity index (χ4n) is 3.26. The largest absolute Gasteiger partial charge is 0.112 e. The van der Waals surface area contributed by atoms with Gasteiger partial charge in [-0.15, -0.1) is 0 Å². The van der Waals surface area contributed by atoms with Crippen LogP contribution < -0.4 is 15.9 Å². The van der Waals surface area contributed by atoms with Gasteiger partial charge in [0.25, 0.3) is 0 Å². The van der Waals surface area contributed by atoms with Gasteiger partial charge in [0.15, 0.2) is 0 Å². The summed E-state index contributed by atoms with van der Waals surface area (Å²) in [6.07, 6.45) is 2.17. The van der Waals surface area contributed by atoms with Crippen LogP contribution in [0, 0.1) is 0 Å². The highest BCUT2D eigenvalue weighted by molar-refractivity contribution is 7.95. The van der Waals surface area contributed by atoms with Crippen LogP contribution in [-0.4, -0.2) is 6.16 Å². The number of hydrogen-bond acceptors (Lipinski definition) is 0. The van der Waals surface area contributed by atoms with Crippen LogP contribution in [0.1, 0.15) is 13.3 Å². The first-order chi connectivity index (χ1) is 12.1. The van der Waals surface area contributed by atoms with Crippen molar-refractivity contribution in [2.45, 2.75) is 13.3 Å². The summed E-state index contributed by atoms with van der Waals surface area (Å²) in [4.78, 5) is 0. The average molecular weight is 409 g/mol. The molecule has 0 amide bonds. The maximum atomic E-state index is 6.15. The summed E-state index contributed by atoms with van der Waals surface area (Å²) in [5, 5.41) is 6.23. The van der Waals surface area contributed by atoms with E-state index in [0.29, 0.717) is 0 Å². The molecule has 0 heterocycles. The third-order valence-corrected chi connectivity index (χ3v) is 9.77. The van der Waals surface area contributed by atoms with Crippen molar-refractivity contribution < 1.29 is 0 Å². The number of rotatable bonds is 5. The minimum absolute atomic E-state index is 0.755. The quantitative estimate of drug-likeness (QED) is 0.431. The number of halogens is 3. The molecule has 128 valence electrons. The predicted molar refractivity (Wildman–Crippen MR) is 115 cm³/mol. The third kappa shape index (κ3) is 3.88. The van der Waals surface area contributed by atoms with Crippen molar-refractivity contribution in [2.24, 2.45) is 0 Å². The van der Waals surface area contributed by atoms with E-state index in [1.165, 1.54) is 15.9 Å². The van der Waals surface area contributed by atoms with Crippen LogP contribution in [0.3, 0.4) is 0 Å². The molecule has 4 heteroatoms. The topological polar surface area (TPSA) is 0 Å². The molecule has 0 nitrogen and oxygen atoms in total. The second-order valence-corrected chi connectivity index (χ2v) is 10.9. The SMILES string of the molecule is CCC[P+](c1ccc(Cl)cc1)(c1ccc(Cl)cc1)c1ccc(Cl)cc1. The predicted octanol–water partition coefficient (Wildman–Crippen LogP) is 6.35. The summed E-state index contributed by atoms with van der Waals surface area (Å²) >= 11 is 18.4. The van der Waals surface area contributed by atoms with Crippen LogP contribution in [0.4, 0.5) is 0 Å². The lowest BCUT2D eigenvalue weighted by Gasteiger charge is -2.27. The number of benzene rings is 3. The first-order valence-electron chi connectivity index (χ1n) is 8.23. The first-order valence-corrected chi connectivity index (χ1v) is 11.3. The van der Waals surface area contributed by atoms with Gasteiger partial charge < -0.3 is 0 Å². The van der Waals surface area contributed by atoms with E-state index in [4.69, 9.17) is 34.8 Å². The molecule has 0 N–H and O–H groups in total. The fraction of sp³-hybridized carbons (Fsp3) is 0.143. The Morgan fingerprint density at radius 3 is 1.08 bits per heavy atom. The van der Waals surface area contributed by atoms with Crippen LogP contribution in [0.15, 0.2) is 72.8 Å². The zero-order chi connectivity index (χ0) is 17.9. The van der Waals surface area contributed by atoms with Crippen molar-refractivity contribution >= 4 is 58.0 Å². The van der Waals surface area contributed by atoms with Crippen molar-refractivity contribution in [3.8, 4) is 0 Å². The smallest absolute Gasteiger partial charge is 0.0843 e. The lowest BCUT2D eigenvalue weighted by atomic mass is 10.3. The maximum Gasteiger partial charge on any atom is 0.112 e. The molecule has 0 bridgehead atoms. The molecule has 0 saturated carbocycles. The molecule has 0 aliphatic heterocycles. The zero-order valence-corrected chi connectivity index (χ0v) is 17.1. The highest BCUT2D eigenvalue weighted by Gasteiger charge is 2.44. The van der Waals surface area contributed by atoms with Gasteiger partial charge in [-0.3, -0.25) is 0 Å². The third-order valence-electron chi connectivity index (χ3n) is 4.36. The van der Waals surface area contributed by atoms with E-state index in [-0.39, 0.29) is 0 Å². The van der Waals surface area contributed by atoms with Gasteiger partial charge in [0.05, 0.1) is 6.16 Å². The van der Waals surface area contributed by atoms with Gasteiger partial charge >= 0.3 is 0 Å². The van der Waals surface area contributed by atoms with E-state index in [1.807, 2.05) is 36.4 Å². The van der Waals surface area contributed by atoms with Crippen LogP contribution in [0.5, 0.6) is 0 Å². The molecule has 3 aromatic carbocycles. The monoisotopic (exact) mass is 407 g/mol. The van der Waals surface area contributed by atoms with Gasteiger partial charge in [-0.1, -0.05) is 41.7 Å². The standard InChI is InChI=1S/C21H19Cl3P/c1-2-15-25(19-9-3-16(22)4-10-19,20-11-5-17(23)6-12-20)21-13-7-18(24)8-14-21/h3-14H,2,15H2,1H3/q+1. The van der Waals surface area contributed by atoms with Gasteiger partial charge in [-0.25, -0.2) is 0 Å². The summed E-state index contributed by atoms with van der Waals surface area (Å²) in [6.45, 7) is 2.23. The normalized spacial score (nSPS) is 11.5. The van der Waals surface area contributed by atoms with Gasteiger partial charge in [-0.2, -0.15) is 0 Å². The molecule has 3 aromatic rings. The van der Waals surface area contributed by atoms with Gasteiger partial charge in [0.2, 0.25) is 0 Å². The molecular formula is C21H19Cl3P+. The van der Waals surface area contributed by atoms with E-state index < -0.39 is 7.26 Å². The molecular weight excluding hydrogens is 390 g/mol. The number of hydrogen-bond donors (Lipinski definition) is 0. The van der Waals surface area contributed by atoms with Crippen LogP contribution in [0.2, 0.25) is 15.1 Å². The first kappa shape index (κ1) is 18.7. The second kappa shape index (κ2) is 8.11. The van der Waals surface area contributed by atoms with Crippen molar-refractivity contribution in [3.63, 3.8) is 0 Å². The van der Waals surface area contributed by atoms with Crippen LogP contribution in [-0.2, 0) is 0 Å². The lowest BCUT2D eigenvalue weighted by molar-refractivity contribution is 1.10. The molecule has 0 aromatic heterocycles. The molecule has 0 saturated heterocycles. The van der Waals surface area contributed by atoms with Crippen molar-refractivity contribution in [3.05, 3.63) is 87.9 Å². The molecule has 0 radical (unpaired) electrons. The van der Waals surface area contributed by atoms with Gasteiger partial charge in [0.1, 0.15) is 23.2 Å². The summed E-state index contributed by atoms with van der Waals surface area (Å²) in [5.74, 6) is 0. The molecule has 25 heavy (non-hydrogen) atoms. The Labute approximate surface area is 165 Å². The fourth-order valence-corrected chi connectivity index (χ4v) is 7.95. The highest BCUT2D eigenvalue weighted by atomic mass is 35.5. The lowest BCUT2D eigenvalue weighted by Crippen LogP contribution is -2.33. The molecule has 0 aliphatic carbocycles. The second-order valence-electron chi connectivity index (χ2n) is 5.96. The van der Waals surface area contributed by atoms with E-state index in [9.17, 15) is 0 Å². The summed E-state index contributed by atoms with van der Waals surface area (Å²) in [5.41, 5.74) is 0. The van der Waals surface area contributed by atoms with E-state index >= 15 is 0 Å². The Kier molecular flexibility index (Phi) is 6.08. The molecule has 0 unspecified atom stereocenters. The van der Waals surface area contributed by atoms with Gasteiger partial charge in [-0.05, 0) is 79.2 Å². The Bertz CT molecular complexity index is 714. The van der Waals surface area contributed by atoms with Crippen molar-refractivity contribution in [1.82, 2.24) is 0 Å². The Morgan fingerprint density at radius 1 is 0.560 bits per heavy atom. The van der Waals surface area contributed by atoms with E-state index in [0.717, 1.165) is 27.7 Å².